The Hall–Kier alpha value is -2.21. The van der Waals surface area contributed by atoms with Crippen LogP contribution in [0.15, 0.2) is 24.3 Å². The van der Waals surface area contributed by atoms with Crippen LogP contribution in [0.25, 0.3) is 0 Å². The molecular weight excluding hydrogens is 286 g/mol. The van der Waals surface area contributed by atoms with Crippen molar-refractivity contribution in [1.82, 2.24) is 5.06 Å². The van der Waals surface area contributed by atoms with Gasteiger partial charge >= 0.3 is 5.97 Å². The lowest BCUT2D eigenvalue weighted by Gasteiger charge is -2.26. The molecule has 0 N–H and O–H groups in total. The van der Waals surface area contributed by atoms with E-state index in [0.717, 1.165) is 12.8 Å². The van der Waals surface area contributed by atoms with Crippen LogP contribution in [-0.2, 0) is 14.4 Å². The lowest BCUT2D eigenvalue weighted by atomic mass is 9.87. The van der Waals surface area contributed by atoms with Crippen LogP contribution in [0.3, 0.4) is 0 Å². The molecule has 0 unspecified atom stereocenters. The summed E-state index contributed by atoms with van der Waals surface area (Å²) in [7, 11) is 1.52. The fourth-order valence-electron chi connectivity index (χ4n) is 3.17. The minimum atomic E-state index is -0.760. The highest BCUT2D eigenvalue weighted by Gasteiger charge is 2.47. The first-order chi connectivity index (χ1) is 10.6. The number of ether oxygens (including phenoxy) is 1. The van der Waals surface area contributed by atoms with Crippen LogP contribution in [-0.4, -0.2) is 36.6 Å². The van der Waals surface area contributed by atoms with Gasteiger partial charge in [0.1, 0.15) is 0 Å². The van der Waals surface area contributed by atoms with Gasteiger partial charge in [-0.2, -0.15) is 0 Å². The van der Waals surface area contributed by atoms with E-state index in [9.17, 15) is 14.4 Å². The van der Waals surface area contributed by atoms with E-state index >= 15 is 0 Å². The van der Waals surface area contributed by atoms with Crippen LogP contribution in [0.2, 0.25) is 0 Å². The predicted octanol–water partition coefficient (Wildman–Crippen LogP) is 1.95. The number of amides is 2. The maximum Gasteiger partial charge on any atom is 0.341 e. The maximum absolute atomic E-state index is 12.5. The molecule has 0 aromatic heterocycles. The number of benzene rings is 1. The fourth-order valence-corrected chi connectivity index (χ4v) is 3.17. The van der Waals surface area contributed by atoms with Crippen molar-refractivity contribution < 1.29 is 24.0 Å². The summed E-state index contributed by atoms with van der Waals surface area (Å²) in [4.78, 5) is 42.1. The van der Waals surface area contributed by atoms with E-state index in [1.54, 1.807) is 24.3 Å². The van der Waals surface area contributed by atoms with Gasteiger partial charge in [0, 0.05) is 7.11 Å². The van der Waals surface area contributed by atoms with E-state index in [1.807, 2.05) is 0 Å². The van der Waals surface area contributed by atoms with Crippen molar-refractivity contribution in [2.45, 2.75) is 25.7 Å². The van der Waals surface area contributed by atoms with Crippen molar-refractivity contribution in [3.63, 3.8) is 0 Å². The summed E-state index contributed by atoms with van der Waals surface area (Å²) >= 11 is 0. The number of fused-ring (bicyclic) bond motifs is 1. The Morgan fingerprint density at radius 2 is 1.68 bits per heavy atom. The highest BCUT2D eigenvalue weighted by Crippen LogP contribution is 2.40. The van der Waals surface area contributed by atoms with Crippen LogP contribution in [0.1, 0.15) is 46.4 Å². The molecule has 3 rings (SSSR count). The van der Waals surface area contributed by atoms with Crippen molar-refractivity contribution >= 4 is 17.8 Å². The largest absolute Gasteiger partial charge is 0.384 e. The van der Waals surface area contributed by atoms with Gasteiger partial charge in [-0.15, -0.1) is 0 Å². The molecule has 1 aliphatic carbocycles. The Bertz CT molecular complexity index is 598. The molecule has 22 heavy (non-hydrogen) atoms. The lowest BCUT2D eigenvalue weighted by Crippen LogP contribution is -2.41. The first-order valence-corrected chi connectivity index (χ1v) is 7.28. The maximum atomic E-state index is 12.5. The summed E-state index contributed by atoms with van der Waals surface area (Å²) in [6.45, 7) is 0.231. The number of hydrogen-bond acceptors (Lipinski definition) is 5. The number of hydrogen-bond donors (Lipinski definition) is 0. The van der Waals surface area contributed by atoms with E-state index in [0.29, 0.717) is 17.9 Å². The van der Waals surface area contributed by atoms with Gasteiger partial charge < -0.3 is 9.57 Å². The molecule has 2 aliphatic rings. The quantitative estimate of drug-likeness (QED) is 0.795. The van der Waals surface area contributed by atoms with Crippen LogP contribution in [0, 0.1) is 5.41 Å². The van der Waals surface area contributed by atoms with Crippen molar-refractivity contribution in [3.8, 4) is 0 Å². The molecule has 1 aliphatic heterocycles. The summed E-state index contributed by atoms with van der Waals surface area (Å²) in [6, 6.07) is 6.42. The van der Waals surface area contributed by atoms with Gasteiger partial charge in [0.15, 0.2) is 0 Å². The zero-order valence-corrected chi connectivity index (χ0v) is 12.3. The molecule has 0 spiro atoms. The van der Waals surface area contributed by atoms with Gasteiger partial charge in [-0.05, 0) is 25.0 Å². The molecule has 6 heteroatoms. The molecule has 2 amide bonds. The average molecular weight is 303 g/mol. The second kappa shape index (κ2) is 5.53. The normalized spacial score (nSPS) is 19.4. The molecule has 1 heterocycles. The number of nitrogens with zero attached hydrogens (tertiary/aromatic N) is 1. The third kappa shape index (κ3) is 2.20. The van der Waals surface area contributed by atoms with Crippen LogP contribution in [0.4, 0.5) is 0 Å². The van der Waals surface area contributed by atoms with E-state index < -0.39 is 23.2 Å². The molecule has 0 saturated heterocycles. The molecule has 1 fully saturated rings. The van der Waals surface area contributed by atoms with Crippen molar-refractivity contribution in [1.29, 1.82) is 0 Å². The van der Waals surface area contributed by atoms with Gasteiger partial charge in [-0.1, -0.05) is 30.0 Å². The molecule has 0 atom stereocenters. The topological polar surface area (TPSA) is 72.9 Å². The molecule has 0 bridgehead atoms. The minimum Gasteiger partial charge on any atom is -0.384 e. The molecule has 1 aromatic rings. The number of rotatable bonds is 4. The van der Waals surface area contributed by atoms with Crippen molar-refractivity contribution in [2.75, 3.05) is 13.7 Å². The fraction of sp³-hybridized carbons (Fsp3) is 0.438. The van der Waals surface area contributed by atoms with Crippen LogP contribution >= 0.6 is 0 Å². The Morgan fingerprint density at radius 3 is 2.18 bits per heavy atom. The van der Waals surface area contributed by atoms with Gasteiger partial charge in [0.05, 0.1) is 23.1 Å². The number of hydroxylamine groups is 2. The Morgan fingerprint density at radius 1 is 1.14 bits per heavy atom. The standard InChI is InChI=1S/C16H17NO5/c1-21-10-16(8-4-5-9-16)15(20)22-17-13(18)11-6-2-3-7-12(11)14(17)19/h2-3,6-7H,4-5,8-10H2,1H3. The third-order valence-corrected chi connectivity index (χ3v) is 4.35. The predicted molar refractivity (Wildman–Crippen MR) is 75.8 cm³/mol. The first-order valence-electron chi connectivity index (χ1n) is 7.28. The molecular formula is C16H17NO5. The molecule has 0 radical (unpaired) electrons. The van der Waals surface area contributed by atoms with Gasteiger partial charge in [0.25, 0.3) is 11.8 Å². The first kappa shape index (κ1) is 14.7. The number of carbonyl (C=O) groups is 3. The van der Waals surface area contributed by atoms with E-state index in [2.05, 4.69) is 0 Å². The summed E-state index contributed by atoms with van der Waals surface area (Å²) in [5.74, 6) is -1.76. The number of imide groups is 1. The molecule has 116 valence electrons. The Labute approximate surface area is 127 Å². The minimum absolute atomic E-state index is 0.231. The Kier molecular flexibility index (Phi) is 3.70. The second-order valence-electron chi connectivity index (χ2n) is 5.75. The molecule has 1 saturated carbocycles. The van der Waals surface area contributed by atoms with Gasteiger partial charge in [0.2, 0.25) is 0 Å². The highest BCUT2D eigenvalue weighted by molar-refractivity contribution is 6.20. The smallest absolute Gasteiger partial charge is 0.341 e. The van der Waals surface area contributed by atoms with Crippen LogP contribution in [0.5, 0.6) is 0 Å². The van der Waals surface area contributed by atoms with E-state index in [1.165, 1.54) is 7.11 Å². The zero-order chi connectivity index (χ0) is 15.7. The SMILES string of the molecule is COCC1(C(=O)ON2C(=O)c3ccccc3C2=O)CCCC1. The average Bonchev–Trinajstić information content (AvgIpc) is 3.09. The number of carbonyl (C=O) groups excluding carboxylic acids is 3. The summed E-state index contributed by atoms with van der Waals surface area (Å²) in [6.07, 6.45) is 3.09. The molecule has 1 aromatic carbocycles. The van der Waals surface area contributed by atoms with Crippen LogP contribution < -0.4 is 0 Å². The summed E-state index contributed by atoms with van der Waals surface area (Å²) in [5.41, 5.74) is -0.246. The lowest BCUT2D eigenvalue weighted by molar-refractivity contribution is -0.184. The summed E-state index contributed by atoms with van der Waals surface area (Å²) in [5, 5.41) is 0.572. The van der Waals surface area contributed by atoms with Crippen molar-refractivity contribution in [3.05, 3.63) is 35.4 Å². The van der Waals surface area contributed by atoms with Crippen molar-refractivity contribution in [2.24, 2.45) is 5.41 Å². The van der Waals surface area contributed by atoms with E-state index in [-0.39, 0.29) is 17.7 Å². The van der Waals surface area contributed by atoms with Gasteiger partial charge in [-0.3, -0.25) is 9.59 Å². The number of methoxy groups -OCH3 is 1. The Balaban J connectivity index is 1.81. The monoisotopic (exact) mass is 303 g/mol. The third-order valence-electron chi connectivity index (χ3n) is 4.35. The van der Waals surface area contributed by atoms with Gasteiger partial charge in [-0.25, -0.2) is 4.79 Å². The van der Waals surface area contributed by atoms with E-state index in [4.69, 9.17) is 9.57 Å². The highest BCUT2D eigenvalue weighted by atomic mass is 16.7. The zero-order valence-electron chi connectivity index (χ0n) is 12.3. The summed E-state index contributed by atoms with van der Waals surface area (Å²) < 4.78 is 5.14. The molecule has 6 nitrogen and oxygen atoms in total. The second-order valence-corrected chi connectivity index (χ2v) is 5.75.